The van der Waals surface area contributed by atoms with Crippen molar-refractivity contribution in [2.24, 2.45) is 0 Å². The van der Waals surface area contributed by atoms with E-state index in [9.17, 15) is 0 Å². The van der Waals surface area contributed by atoms with Gasteiger partial charge in [-0.3, -0.25) is 0 Å². The van der Waals surface area contributed by atoms with Gasteiger partial charge in [-0.15, -0.1) is 0 Å². The third kappa shape index (κ3) is 3.16. The average molecular weight is 263 g/mol. The minimum atomic E-state index is 0.128. The van der Waals surface area contributed by atoms with Gasteiger partial charge in [0.2, 0.25) is 0 Å². The van der Waals surface area contributed by atoms with Crippen LogP contribution in [-0.4, -0.2) is 33.0 Å². The van der Waals surface area contributed by atoms with Crippen LogP contribution in [-0.2, 0) is 9.47 Å². The Morgan fingerprint density at radius 2 is 2.00 bits per heavy atom. The molecule has 0 aromatic heterocycles. The Hall–Kier alpha value is -0.900. The zero-order valence-electron chi connectivity index (χ0n) is 12.3. The second-order valence-corrected chi connectivity index (χ2v) is 5.47. The summed E-state index contributed by atoms with van der Waals surface area (Å²) in [6.45, 7) is 4.99. The molecule has 1 aromatic carbocycles. The van der Waals surface area contributed by atoms with Crippen LogP contribution < -0.4 is 5.32 Å². The summed E-state index contributed by atoms with van der Waals surface area (Å²) in [7, 11) is 3.73. The lowest BCUT2D eigenvalue weighted by Gasteiger charge is -2.38. The maximum atomic E-state index is 6.17. The van der Waals surface area contributed by atoms with Crippen molar-refractivity contribution in [1.29, 1.82) is 0 Å². The Labute approximate surface area is 116 Å². The molecule has 1 aliphatic carbocycles. The zero-order valence-corrected chi connectivity index (χ0v) is 12.3. The average Bonchev–Trinajstić information content (AvgIpc) is 2.39. The largest absolute Gasteiger partial charge is 0.382 e. The smallest absolute Gasteiger partial charge is 0.0785 e. The predicted molar refractivity (Wildman–Crippen MR) is 77.5 cm³/mol. The van der Waals surface area contributed by atoms with Crippen molar-refractivity contribution in [1.82, 2.24) is 5.32 Å². The quantitative estimate of drug-likeness (QED) is 0.886. The number of benzene rings is 1. The third-order valence-electron chi connectivity index (χ3n) is 3.94. The van der Waals surface area contributed by atoms with Crippen LogP contribution in [0.25, 0.3) is 0 Å². The van der Waals surface area contributed by atoms with E-state index in [0.717, 1.165) is 6.42 Å². The molecule has 1 aliphatic rings. The Morgan fingerprint density at radius 1 is 1.32 bits per heavy atom. The van der Waals surface area contributed by atoms with Crippen LogP contribution in [0.3, 0.4) is 0 Å². The fourth-order valence-electron chi connectivity index (χ4n) is 3.10. The molecule has 1 aromatic rings. The number of likely N-dealkylation sites (N-methyl/N-ethyl adjacent to an activating group) is 1. The molecule has 0 heterocycles. The summed E-state index contributed by atoms with van der Waals surface area (Å²) in [5.74, 6) is 0.542. The monoisotopic (exact) mass is 263 g/mol. The van der Waals surface area contributed by atoms with Crippen LogP contribution in [0, 0.1) is 0 Å². The first-order valence-corrected chi connectivity index (χ1v) is 7.07. The molecule has 3 heteroatoms. The minimum Gasteiger partial charge on any atom is -0.382 e. The van der Waals surface area contributed by atoms with Gasteiger partial charge in [-0.2, -0.15) is 0 Å². The van der Waals surface area contributed by atoms with Gasteiger partial charge in [0.15, 0.2) is 0 Å². The fourth-order valence-corrected chi connectivity index (χ4v) is 3.10. The van der Waals surface area contributed by atoms with Crippen molar-refractivity contribution in [2.75, 3.05) is 20.8 Å². The van der Waals surface area contributed by atoms with Crippen molar-refractivity contribution in [3.8, 4) is 0 Å². The number of rotatable bonds is 5. The summed E-state index contributed by atoms with van der Waals surface area (Å²) in [6.07, 6.45) is 1.39. The lowest BCUT2D eigenvalue weighted by Crippen LogP contribution is -2.39. The number of hydrogen-bond acceptors (Lipinski definition) is 3. The van der Waals surface area contributed by atoms with Gasteiger partial charge in [-0.05, 0) is 37.4 Å². The van der Waals surface area contributed by atoms with Gasteiger partial charge in [-0.1, -0.05) is 31.2 Å². The summed E-state index contributed by atoms with van der Waals surface area (Å²) in [4.78, 5) is 0. The highest BCUT2D eigenvalue weighted by atomic mass is 16.5. The van der Waals surface area contributed by atoms with Gasteiger partial charge in [0.1, 0.15) is 0 Å². The van der Waals surface area contributed by atoms with E-state index in [-0.39, 0.29) is 18.2 Å². The zero-order chi connectivity index (χ0) is 13.8. The summed E-state index contributed by atoms with van der Waals surface area (Å²) in [6, 6.07) is 8.95. The van der Waals surface area contributed by atoms with Gasteiger partial charge in [0.25, 0.3) is 0 Å². The van der Waals surface area contributed by atoms with Gasteiger partial charge in [-0.25, -0.2) is 0 Å². The highest BCUT2D eigenvalue weighted by Gasteiger charge is 2.33. The summed E-state index contributed by atoms with van der Waals surface area (Å²) in [5, 5.41) is 3.41. The van der Waals surface area contributed by atoms with E-state index in [1.165, 1.54) is 11.1 Å². The highest BCUT2D eigenvalue weighted by Crippen LogP contribution is 2.38. The van der Waals surface area contributed by atoms with Crippen molar-refractivity contribution >= 4 is 0 Å². The standard InChI is InChI=1S/C16H25NO2/c1-11-9-15(19-12(2)10-18-4)16(17-3)14-8-6-5-7-13(11)14/h5-8,11-12,15-17H,9-10H2,1-4H3. The van der Waals surface area contributed by atoms with Crippen LogP contribution in [0.15, 0.2) is 24.3 Å². The molecular weight excluding hydrogens is 238 g/mol. The lowest BCUT2D eigenvalue weighted by atomic mass is 9.79. The van der Waals surface area contributed by atoms with E-state index < -0.39 is 0 Å². The number of nitrogens with one attached hydrogen (secondary N) is 1. The molecule has 0 aliphatic heterocycles. The lowest BCUT2D eigenvalue weighted by molar-refractivity contribution is -0.0615. The van der Waals surface area contributed by atoms with Crippen LogP contribution in [0.1, 0.15) is 43.4 Å². The van der Waals surface area contributed by atoms with Crippen LogP contribution in [0.5, 0.6) is 0 Å². The molecule has 106 valence electrons. The molecule has 1 N–H and O–H groups in total. The molecule has 3 nitrogen and oxygen atoms in total. The molecule has 2 rings (SSSR count). The van der Waals surface area contributed by atoms with Crippen molar-refractivity contribution in [3.05, 3.63) is 35.4 Å². The van der Waals surface area contributed by atoms with Crippen LogP contribution in [0.2, 0.25) is 0 Å². The van der Waals surface area contributed by atoms with Crippen molar-refractivity contribution in [2.45, 2.75) is 44.4 Å². The van der Waals surface area contributed by atoms with E-state index >= 15 is 0 Å². The highest BCUT2D eigenvalue weighted by molar-refractivity contribution is 5.36. The normalized spacial score (nSPS) is 27.9. The van der Waals surface area contributed by atoms with E-state index in [2.05, 4.69) is 43.4 Å². The molecule has 0 fully saturated rings. The molecule has 0 saturated heterocycles. The molecule has 0 spiro atoms. The summed E-state index contributed by atoms with van der Waals surface area (Å²) >= 11 is 0. The van der Waals surface area contributed by atoms with Gasteiger partial charge >= 0.3 is 0 Å². The second kappa shape index (κ2) is 6.51. The Morgan fingerprint density at radius 3 is 2.63 bits per heavy atom. The minimum absolute atomic E-state index is 0.128. The predicted octanol–water partition coefficient (Wildman–Crippen LogP) is 2.87. The number of fused-ring (bicyclic) bond motifs is 1. The van der Waals surface area contributed by atoms with Gasteiger partial charge in [0.05, 0.1) is 24.9 Å². The van der Waals surface area contributed by atoms with E-state index in [1.54, 1.807) is 7.11 Å². The topological polar surface area (TPSA) is 30.5 Å². The summed E-state index contributed by atoms with van der Waals surface area (Å²) in [5.41, 5.74) is 2.82. The number of ether oxygens (including phenoxy) is 2. The molecule has 19 heavy (non-hydrogen) atoms. The number of methoxy groups -OCH3 is 1. The molecule has 0 saturated carbocycles. The van der Waals surface area contributed by atoms with Crippen molar-refractivity contribution in [3.63, 3.8) is 0 Å². The fraction of sp³-hybridized carbons (Fsp3) is 0.625. The second-order valence-electron chi connectivity index (χ2n) is 5.47. The Bertz CT molecular complexity index is 407. The Balaban J connectivity index is 2.19. The first-order chi connectivity index (χ1) is 9.17. The van der Waals surface area contributed by atoms with Crippen LogP contribution in [0.4, 0.5) is 0 Å². The van der Waals surface area contributed by atoms with Crippen LogP contribution >= 0.6 is 0 Å². The molecule has 0 bridgehead atoms. The van der Waals surface area contributed by atoms with Crippen molar-refractivity contribution < 1.29 is 9.47 Å². The van der Waals surface area contributed by atoms with Gasteiger partial charge in [0, 0.05) is 7.11 Å². The first kappa shape index (κ1) is 14.5. The molecule has 0 radical (unpaired) electrons. The van der Waals surface area contributed by atoms with E-state index in [0.29, 0.717) is 12.5 Å². The SMILES string of the molecule is CNC1c2ccccc2C(C)CC1OC(C)COC. The third-order valence-corrected chi connectivity index (χ3v) is 3.94. The molecule has 4 atom stereocenters. The molecular formula is C16H25NO2. The summed E-state index contributed by atoms with van der Waals surface area (Å²) < 4.78 is 11.3. The van der Waals surface area contributed by atoms with E-state index in [1.807, 2.05) is 7.05 Å². The molecule has 4 unspecified atom stereocenters. The molecule has 0 amide bonds. The maximum absolute atomic E-state index is 6.17. The number of hydrogen-bond donors (Lipinski definition) is 1. The Kier molecular flexibility index (Phi) is 4.97. The first-order valence-electron chi connectivity index (χ1n) is 7.07. The van der Waals surface area contributed by atoms with E-state index in [4.69, 9.17) is 9.47 Å². The van der Waals surface area contributed by atoms with Gasteiger partial charge < -0.3 is 14.8 Å². The maximum Gasteiger partial charge on any atom is 0.0785 e.